The Morgan fingerprint density at radius 3 is 2.54 bits per heavy atom. The number of nitrogens with zero attached hydrogens (tertiary/aromatic N) is 4. The summed E-state index contributed by atoms with van der Waals surface area (Å²) in [4.78, 5) is 27.5. The van der Waals surface area contributed by atoms with Gasteiger partial charge in [0, 0.05) is 47.2 Å². The van der Waals surface area contributed by atoms with Gasteiger partial charge in [0.05, 0.1) is 10.6 Å². The van der Waals surface area contributed by atoms with Gasteiger partial charge in [0.2, 0.25) is 15.9 Å². The van der Waals surface area contributed by atoms with Crippen LogP contribution in [0.15, 0.2) is 71.9 Å². The molecular formula is C27H27ClN6O6S. The van der Waals surface area contributed by atoms with E-state index >= 15 is 0 Å². The molecule has 12 nitrogen and oxygen atoms in total. The first-order valence-corrected chi connectivity index (χ1v) is 14.1. The molecule has 41 heavy (non-hydrogen) atoms. The zero-order chi connectivity index (χ0) is 29.9. The van der Waals surface area contributed by atoms with Crippen molar-refractivity contribution < 1.29 is 22.9 Å². The molecule has 0 saturated heterocycles. The zero-order valence-corrected chi connectivity index (χ0v) is 24.2. The third kappa shape index (κ3) is 7.06. The molecule has 0 aliphatic rings. The molecule has 0 bridgehead atoms. The second-order valence-electron chi connectivity index (χ2n) is 10.1. The van der Waals surface area contributed by atoms with Crippen LogP contribution in [0.3, 0.4) is 0 Å². The van der Waals surface area contributed by atoms with E-state index in [0.29, 0.717) is 16.3 Å². The van der Waals surface area contributed by atoms with E-state index in [1.807, 2.05) is 0 Å². The van der Waals surface area contributed by atoms with Crippen LogP contribution in [0.2, 0.25) is 5.02 Å². The third-order valence-corrected chi connectivity index (χ3v) is 7.60. The maximum absolute atomic E-state index is 13.3. The molecule has 0 radical (unpaired) electrons. The van der Waals surface area contributed by atoms with E-state index in [1.54, 1.807) is 76.5 Å². The highest BCUT2D eigenvalue weighted by Crippen LogP contribution is 2.36. The molecule has 2 N–H and O–H groups in total. The van der Waals surface area contributed by atoms with Crippen LogP contribution in [0.1, 0.15) is 42.4 Å². The Morgan fingerprint density at radius 1 is 1.15 bits per heavy atom. The summed E-state index contributed by atoms with van der Waals surface area (Å²) in [7, 11) is -4.29. The molecule has 0 unspecified atom stereocenters. The monoisotopic (exact) mass is 598 g/mol. The van der Waals surface area contributed by atoms with Gasteiger partial charge in [-0.15, -0.1) is 0 Å². The second-order valence-corrected chi connectivity index (χ2v) is 12.1. The molecule has 0 fully saturated rings. The molecule has 2 heterocycles. The molecule has 4 rings (SSSR count). The highest BCUT2D eigenvalue weighted by molar-refractivity contribution is 7.89. The van der Waals surface area contributed by atoms with Crippen molar-refractivity contribution in [3.8, 4) is 17.3 Å². The summed E-state index contributed by atoms with van der Waals surface area (Å²) in [6.45, 7) is 6.69. The summed E-state index contributed by atoms with van der Waals surface area (Å²) >= 11 is 6.21. The van der Waals surface area contributed by atoms with Gasteiger partial charge in [0.15, 0.2) is 5.69 Å². The quantitative estimate of drug-likeness (QED) is 0.202. The lowest BCUT2D eigenvalue weighted by Gasteiger charge is -2.21. The number of sulfonamides is 1. The van der Waals surface area contributed by atoms with Crippen molar-refractivity contribution in [3.63, 3.8) is 0 Å². The number of ether oxygens (including phenoxy) is 1. The Morgan fingerprint density at radius 2 is 1.90 bits per heavy atom. The number of hydrogen-bond donors (Lipinski definition) is 2. The number of carbonyl (C=O) groups excluding carboxylic acids is 1. The fourth-order valence-electron chi connectivity index (χ4n) is 3.83. The van der Waals surface area contributed by atoms with Gasteiger partial charge >= 0.3 is 0 Å². The number of nitrogens with one attached hydrogen (secondary N) is 2. The van der Waals surface area contributed by atoms with Crippen LogP contribution in [0.25, 0.3) is 5.69 Å². The van der Waals surface area contributed by atoms with E-state index in [2.05, 4.69) is 20.1 Å². The largest absolute Gasteiger partial charge is 0.437 e. The predicted octanol–water partition coefficient (Wildman–Crippen LogP) is 4.94. The van der Waals surface area contributed by atoms with E-state index in [1.165, 1.54) is 10.7 Å². The first kappa shape index (κ1) is 29.6. The molecule has 0 aliphatic carbocycles. The Kier molecular flexibility index (Phi) is 8.42. The SMILES string of the molecule is Cc1c(C(=O)NCc2cccnc2)nn(-c2cccc(Cl)c2)c1Oc1ccc([N+](=O)[O-])cc1S(=O)(=O)NC(C)(C)C. The predicted molar refractivity (Wildman–Crippen MR) is 152 cm³/mol. The number of amides is 1. The highest BCUT2D eigenvalue weighted by Gasteiger charge is 2.30. The molecule has 0 aliphatic heterocycles. The maximum Gasteiger partial charge on any atom is 0.272 e. The lowest BCUT2D eigenvalue weighted by Crippen LogP contribution is -2.40. The van der Waals surface area contributed by atoms with Crippen molar-refractivity contribution in [3.05, 3.63) is 98.9 Å². The minimum Gasteiger partial charge on any atom is -0.437 e. The number of hydrogen-bond acceptors (Lipinski definition) is 8. The van der Waals surface area contributed by atoms with E-state index in [0.717, 1.165) is 17.7 Å². The summed E-state index contributed by atoms with van der Waals surface area (Å²) in [5.41, 5.74) is 0.181. The first-order valence-electron chi connectivity index (χ1n) is 12.3. The normalized spacial score (nSPS) is 11.7. The van der Waals surface area contributed by atoms with Crippen LogP contribution in [-0.2, 0) is 16.6 Å². The van der Waals surface area contributed by atoms with Gasteiger partial charge in [-0.05, 0) is 63.6 Å². The summed E-state index contributed by atoms with van der Waals surface area (Å²) < 4.78 is 36.6. The summed E-state index contributed by atoms with van der Waals surface area (Å²) in [6.07, 6.45) is 3.24. The number of aromatic nitrogens is 3. The average Bonchev–Trinajstić information content (AvgIpc) is 3.22. The van der Waals surface area contributed by atoms with Crippen LogP contribution in [0.4, 0.5) is 5.69 Å². The number of carbonyl (C=O) groups is 1. The number of pyridine rings is 1. The molecule has 0 atom stereocenters. The van der Waals surface area contributed by atoms with Crippen molar-refractivity contribution in [2.24, 2.45) is 0 Å². The molecule has 1 amide bonds. The minimum absolute atomic E-state index is 0.0138. The fourth-order valence-corrected chi connectivity index (χ4v) is 5.59. The average molecular weight is 599 g/mol. The van der Waals surface area contributed by atoms with E-state index < -0.39 is 37.0 Å². The van der Waals surface area contributed by atoms with Gasteiger partial charge in [-0.2, -0.15) is 9.78 Å². The van der Waals surface area contributed by atoms with Crippen LogP contribution < -0.4 is 14.8 Å². The van der Waals surface area contributed by atoms with Crippen molar-refractivity contribution in [2.45, 2.75) is 44.7 Å². The molecule has 0 spiro atoms. The van der Waals surface area contributed by atoms with Gasteiger partial charge in [-0.1, -0.05) is 23.7 Å². The molecule has 14 heteroatoms. The fraction of sp³-hybridized carbons (Fsp3) is 0.222. The molecule has 4 aromatic rings. The van der Waals surface area contributed by atoms with Crippen LogP contribution in [0, 0.1) is 17.0 Å². The van der Waals surface area contributed by atoms with E-state index in [9.17, 15) is 23.3 Å². The molecular weight excluding hydrogens is 572 g/mol. The third-order valence-electron chi connectivity index (χ3n) is 5.59. The number of rotatable bonds is 9. The Labute approximate surface area is 241 Å². The van der Waals surface area contributed by atoms with E-state index in [-0.39, 0.29) is 23.9 Å². The van der Waals surface area contributed by atoms with Gasteiger partial charge < -0.3 is 10.1 Å². The van der Waals surface area contributed by atoms with Crippen molar-refractivity contribution in [1.29, 1.82) is 0 Å². The zero-order valence-electron chi connectivity index (χ0n) is 22.6. The number of benzene rings is 2. The number of nitro groups is 1. The van der Waals surface area contributed by atoms with E-state index in [4.69, 9.17) is 16.3 Å². The Balaban J connectivity index is 1.82. The van der Waals surface area contributed by atoms with Gasteiger partial charge in [0.1, 0.15) is 10.6 Å². The van der Waals surface area contributed by atoms with Gasteiger partial charge in [-0.25, -0.2) is 13.1 Å². The lowest BCUT2D eigenvalue weighted by molar-refractivity contribution is -0.385. The lowest BCUT2D eigenvalue weighted by atomic mass is 10.1. The van der Waals surface area contributed by atoms with Crippen molar-refractivity contribution in [1.82, 2.24) is 24.8 Å². The number of nitro benzene ring substituents is 1. The highest BCUT2D eigenvalue weighted by atomic mass is 35.5. The molecule has 2 aromatic carbocycles. The molecule has 2 aromatic heterocycles. The van der Waals surface area contributed by atoms with Crippen molar-refractivity contribution >= 4 is 33.2 Å². The number of halogens is 1. The smallest absolute Gasteiger partial charge is 0.272 e. The standard InChI is InChI=1S/C27H27ClN6O6S/c1-17-24(25(35)30-16-18-7-6-12-29-15-18)31-33(20-9-5-8-19(28)13-20)26(17)40-22-11-10-21(34(36)37)14-23(22)41(38,39)32-27(2,3)4/h5-15,32H,16H2,1-4H3,(H,30,35). The topological polar surface area (TPSA) is 158 Å². The second kappa shape index (κ2) is 11.6. The summed E-state index contributed by atoms with van der Waals surface area (Å²) in [5.74, 6) is -0.705. The Bertz CT molecular complexity index is 1720. The minimum atomic E-state index is -4.29. The van der Waals surface area contributed by atoms with Crippen LogP contribution >= 0.6 is 11.6 Å². The number of non-ortho nitro benzene ring substituents is 1. The summed E-state index contributed by atoms with van der Waals surface area (Å²) in [6, 6.07) is 13.4. The van der Waals surface area contributed by atoms with Gasteiger partial charge in [-0.3, -0.25) is 19.9 Å². The molecule has 0 saturated carbocycles. The maximum atomic E-state index is 13.3. The van der Waals surface area contributed by atoms with Crippen LogP contribution in [-0.4, -0.2) is 39.6 Å². The molecule has 214 valence electrons. The summed E-state index contributed by atoms with van der Waals surface area (Å²) in [5, 5.41) is 19.1. The van der Waals surface area contributed by atoms with Crippen LogP contribution in [0.5, 0.6) is 11.6 Å². The Hall–Kier alpha value is -4.33. The van der Waals surface area contributed by atoms with Crippen molar-refractivity contribution in [2.75, 3.05) is 0 Å². The first-order chi connectivity index (χ1) is 19.2. The van der Waals surface area contributed by atoms with Gasteiger partial charge in [0.25, 0.3) is 11.6 Å².